The molecule has 2 heterocycles. The van der Waals surface area contributed by atoms with E-state index in [0.717, 1.165) is 10.0 Å². The van der Waals surface area contributed by atoms with Gasteiger partial charge in [-0.1, -0.05) is 28.1 Å². The lowest BCUT2D eigenvalue weighted by Gasteiger charge is -2.36. The van der Waals surface area contributed by atoms with Crippen LogP contribution in [0.2, 0.25) is 0 Å². The Morgan fingerprint density at radius 2 is 1.56 bits per heavy atom. The van der Waals surface area contributed by atoms with Gasteiger partial charge < -0.3 is 19.3 Å². The van der Waals surface area contributed by atoms with Crippen molar-refractivity contribution < 1.29 is 19.1 Å². The summed E-state index contributed by atoms with van der Waals surface area (Å²) < 4.78 is 11.6. The average molecular weight is 503 g/mol. The number of benzene rings is 2. The fraction of sp³-hybridized carbons (Fsp3) is 0.391. The van der Waals surface area contributed by atoms with Crippen molar-refractivity contribution in [1.82, 2.24) is 20.7 Å². The molecule has 8 nitrogen and oxygen atoms in total. The van der Waals surface area contributed by atoms with E-state index in [1.165, 1.54) is 0 Å². The molecule has 2 aromatic rings. The minimum absolute atomic E-state index is 0.0651. The van der Waals surface area contributed by atoms with E-state index in [4.69, 9.17) is 9.47 Å². The monoisotopic (exact) mass is 502 g/mol. The molecule has 9 heteroatoms. The molecular formula is C23H27BrN4O4. The van der Waals surface area contributed by atoms with Crippen LogP contribution >= 0.6 is 15.9 Å². The molecule has 2 fully saturated rings. The zero-order valence-corrected chi connectivity index (χ0v) is 19.7. The Labute approximate surface area is 195 Å². The molecule has 2 N–H and O–H groups in total. The van der Waals surface area contributed by atoms with Crippen LogP contribution in [0.3, 0.4) is 0 Å². The van der Waals surface area contributed by atoms with E-state index in [9.17, 15) is 9.59 Å². The highest BCUT2D eigenvalue weighted by atomic mass is 79.9. The van der Waals surface area contributed by atoms with Crippen LogP contribution < -0.4 is 20.3 Å². The standard InChI is InChI=1S/C23H27BrN4O4/c1-31-20-8-5-16(13-21(20)32-2)22(29)27-9-11-28(12-10-27)23(30)19-14-18(25-26-19)15-3-6-17(24)7-4-15/h3-8,13,18-19,25-26H,9-12,14H2,1-2H3. The van der Waals surface area contributed by atoms with Gasteiger partial charge in [-0.3, -0.25) is 9.59 Å². The Balaban J connectivity index is 1.32. The van der Waals surface area contributed by atoms with E-state index in [2.05, 4.69) is 38.9 Å². The number of carbonyl (C=O) groups excluding carboxylic acids is 2. The molecular weight excluding hydrogens is 476 g/mol. The zero-order chi connectivity index (χ0) is 22.7. The van der Waals surface area contributed by atoms with Gasteiger partial charge in [-0.15, -0.1) is 0 Å². The maximum atomic E-state index is 13.0. The minimum Gasteiger partial charge on any atom is -0.493 e. The number of nitrogens with zero attached hydrogens (tertiary/aromatic N) is 2. The number of carbonyl (C=O) groups is 2. The van der Waals surface area contributed by atoms with Crippen LogP contribution in [0, 0.1) is 0 Å². The second-order valence-corrected chi connectivity index (χ2v) is 8.78. The Morgan fingerprint density at radius 1 is 0.906 bits per heavy atom. The van der Waals surface area contributed by atoms with Crippen LogP contribution in [0.5, 0.6) is 11.5 Å². The highest BCUT2D eigenvalue weighted by Crippen LogP contribution is 2.28. The highest BCUT2D eigenvalue weighted by Gasteiger charge is 2.34. The summed E-state index contributed by atoms with van der Waals surface area (Å²) in [5.41, 5.74) is 8.06. The first kappa shape index (κ1) is 22.6. The second kappa shape index (κ2) is 9.89. The molecule has 0 spiro atoms. The molecule has 0 radical (unpaired) electrons. The third-order valence-corrected chi connectivity index (χ3v) is 6.51. The van der Waals surface area contributed by atoms with Gasteiger partial charge in [0.25, 0.3) is 5.91 Å². The van der Waals surface area contributed by atoms with E-state index < -0.39 is 0 Å². The quantitative estimate of drug-likeness (QED) is 0.652. The summed E-state index contributed by atoms with van der Waals surface area (Å²) in [5, 5.41) is 0. The molecule has 170 valence electrons. The Kier molecular flexibility index (Phi) is 6.98. The molecule has 2 atom stereocenters. The van der Waals surface area contributed by atoms with Crippen molar-refractivity contribution in [3.05, 3.63) is 58.1 Å². The fourth-order valence-corrected chi connectivity index (χ4v) is 4.40. The van der Waals surface area contributed by atoms with Gasteiger partial charge >= 0.3 is 0 Å². The van der Waals surface area contributed by atoms with Crippen LogP contribution in [-0.4, -0.2) is 68.1 Å². The summed E-state index contributed by atoms with van der Waals surface area (Å²) in [6.07, 6.45) is 0.686. The molecule has 32 heavy (non-hydrogen) atoms. The zero-order valence-electron chi connectivity index (χ0n) is 18.1. The Hall–Kier alpha value is -2.62. The van der Waals surface area contributed by atoms with Crippen molar-refractivity contribution >= 4 is 27.7 Å². The van der Waals surface area contributed by atoms with Gasteiger partial charge in [-0.2, -0.15) is 0 Å². The molecule has 0 aliphatic carbocycles. The molecule has 2 saturated heterocycles. The van der Waals surface area contributed by atoms with Gasteiger partial charge in [0.1, 0.15) is 6.04 Å². The van der Waals surface area contributed by atoms with Crippen molar-refractivity contribution in [2.24, 2.45) is 0 Å². The van der Waals surface area contributed by atoms with E-state index in [1.807, 2.05) is 17.0 Å². The summed E-state index contributed by atoms with van der Waals surface area (Å²) >= 11 is 3.45. The van der Waals surface area contributed by atoms with Crippen LogP contribution in [0.15, 0.2) is 46.9 Å². The molecule has 2 aromatic carbocycles. The molecule has 2 unspecified atom stereocenters. The van der Waals surface area contributed by atoms with E-state index in [0.29, 0.717) is 49.7 Å². The van der Waals surface area contributed by atoms with Crippen molar-refractivity contribution in [3.63, 3.8) is 0 Å². The predicted molar refractivity (Wildman–Crippen MR) is 124 cm³/mol. The van der Waals surface area contributed by atoms with Gasteiger partial charge in [-0.25, -0.2) is 10.9 Å². The number of amides is 2. The summed E-state index contributed by atoms with van der Waals surface area (Å²) in [6.45, 7) is 2.02. The molecule has 2 amide bonds. The SMILES string of the molecule is COc1ccc(C(=O)N2CCN(C(=O)C3CC(c4ccc(Br)cc4)NN3)CC2)cc1OC. The summed E-state index contributed by atoms with van der Waals surface area (Å²) in [5.74, 6) is 1.09. The molecule has 0 bridgehead atoms. The molecule has 4 rings (SSSR count). The molecule has 0 saturated carbocycles. The second-order valence-electron chi connectivity index (χ2n) is 7.87. The Morgan fingerprint density at radius 3 is 2.22 bits per heavy atom. The van der Waals surface area contributed by atoms with Crippen molar-refractivity contribution in [2.45, 2.75) is 18.5 Å². The van der Waals surface area contributed by atoms with Gasteiger partial charge in [0, 0.05) is 42.3 Å². The van der Waals surface area contributed by atoms with Gasteiger partial charge in [0.05, 0.1) is 14.2 Å². The predicted octanol–water partition coefficient (Wildman–Crippen LogP) is 2.36. The third kappa shape index (κ3) is 4.74. The number of halogens is 1. The lowest BCUT2D eigenvalue weighted by atomic mass is 10.0. The smallest absolute Gasteiger partial charge is 0.254 e. The van der Waals surface area contributed by atoms with Crippen LogP contribution in [0.4, 0.5) is 0 Å². The van der Waals surface area contributed by atoms with Crippen molar-refractivity contribution in [2.75, 3.05) is 40.4 Å². The average Bonchev–Trinajstić information content (AvgIpc) is 3.33. The Bertz CT molecular complexity index is 976. The third-order valence-electron chi connectivity index (χ3n) is 5.98. The molecule has 2 aliphatic rings. The lowest BCUT2D eigenvalue weighted by molar-refractivity contribution is -0.134. The number of rotatable bonds is 5. The number of hydrogen-bond donors (Lipinski definition) is 2. The number of ether oxygens (including phenoxy) is 2. The number of hydrogen-bond acceptors (Lipinski definition) is 6. The van der Waals surface area contributed by atoms with Crippen LogP contribution in [0.25, 0.3) is 0 Å². The number of hydrazine groups is 1. The molecule has 2 aliphatic heterocycles. The van der Waals surface area contributed by atoms with Gasteiger partial charge in [-0.05, 0) is 42.3 Å². The van der Waals surface area contributed by atoms with Crippen LogP contribution in [-0.2, 0) is 4.79 Å². The minimum atomic E-state index is -0.281. The lowest BCUT2D eigenvalue weighted by Crippen LogP contribution is -2.54. The topological polar surface area (TPSA) is 83.1 Å². The largest absolute Gasteiger partial charge is 0.493 e. The normalized spacial score (nSPS) is 20.8. The molecule has 0 aromatic heterocycles. The van der Waals surface area contributed by atoms with E-state index >= 15 is 0 Å². The van der Waals surface area contributed by atoms with Crippen molar-refractivity contribution in [3.8, 4) is 11.5 Å². The fourth-order valence-electron chi connectivity index (χ4n) is 4.13. The number of piperazine rings is 1. The maximum absolute atomic E-state index is 13.0. The number of methoxy groups -OCH3 is 2. The van der Waals surface area contributed by atoms with Crippen molar-refractivity contribution in [1.29, 1.82) is 0 Å². The van der Waals surface area contributed by atoms with E-state index in [1.54, 1.807) is 37.3 Å². The summed E-state index contributed by atoms with van der Waals surface area (Å²) in [4.78, 5) is 29.5. The van der Waals surface area contributed by atoms with Gasteiger partial charge in [0.2, 0.25) is 5.91 Å². The highest BCUT2D eigenvalue weighted by molar-refractivity contribution is 9.10. The van der Waals surface area contributed by atoms with Crippen LogP contribution in [0.1, 0.15) is 28.4 Å². The summed E-state index contributed by atoms with van der Waals surface area (Å²) in [6, 6.07) is 13.1. The first-order valence-corrected chi connectivity index (χ1v) is 11.4. The number of nitrogens with one attached hydrogen (secondary N) is 2. The van der Waals surface area contributed by atoms with Gasteiger partial charge in [0.15, 0.2) is 11.5 Å². The maximum Gasteiger partial charge on any atom is 0.254 e. The first-order chi connectivity index (χ1) is 15.5. The van der Waals surface area contributed by atoms with E-state index in [-0.39, 0.29) is 23.9 Å². The first-order valence-electron chi connectivity index (χ1n) is 10.6. The summed E-state index contributed by atoms with van der Waals surface area (Å²) in [7, 11) is 3.11.